The van der Waals surface area contributed by atoms with Gasteiger partial charge in [0, 0.05) is 0 Å². The average molecular weight is 392 g/mol. The SMILES string of the molecule is O=C1CS[C@H](c2ccc(F)cc2)N1N1C(=O)CS[C@H]1c1ccc(F)cc1. The Morgan fingerprint density at radius 1 is 0.692 bits per heavy atom. The number of amides is 2. The van der Waals surface area contributed by atoms with Crippen molar-refractivity contribution in [3.05, 3.63) is 71.3 Å². The molecule has 0 N–H and O–H groups in total. The summed E-state index contributed by atoms with van der Waals surface area (Å²) in [7, 11) is 0. The van der Waals surface area contributed by atoms with Crippen LogP contribution >= 0.6 is 23.5 Å². The van der Waals surface area contributed by atoms with Crippen molar-refractivity contribution in [3.63, 3.8) is 0 Å². The van der Waals surface area contributed by atoms with Crippen LogP contribution in [0.25, 0.3) is 0 Å². The highest BCUT2D eigenvalue weighted by Gasteiger charge is 2.45. The number of hydrogen-bond donors (Lipinski definition) is 0. The monoisotopic (exact) mass is 392 g/mol. The standard InChI is InChI=1S/C18H14F2N2O2S2/c19-13-5-1-11(2-6-13)17-21(15(23)9-25-17)22-16(24)10-26-18(22)12-3-7-14(20)8-4-12/h1-8,17-18H,9-10H2/t17-,18+. The largest absolute Gasteiger partial charge is 0.272 e. The van der Waals surface area contributed by atoms with Gasteiger partial charge in [-0.15, -0.1) is 23.5 Å². The molecule has 2 fully saturated rings. The zero-order valence-corrected chi connectivity index (χ0v) is 15.1. The first-order valence-corrected chi connectivity index (χ1v) is 10.0. The van der Waals surface area contributed by atoms with E-state index in [2.05, 4.69) is 0 Å². The summed E-state index contributed by atoms with van der Waals surface area (Å²) < 4.78 is 26.5. The van der Waals surface area contributed by atoms with Crippen LogP contribution in [-0.2, 0) is 9.59 Å². The molecule has 2 aliphatic heterocycles. The molecule has 2 aromatic rings. The van der Waals surface area contributed by atoms with Gasteiger partial charge in [-0.3, -0.25) is 9.59 Å². The lowest BCUT2D eigenvalue weighted by Gasteiger charge is -2.36. The van der Waals surface area contributed by atoms with E-state index in [4.69, 9.17) is 0 Å². The van der Waals surface area contributed by atoms with Crippen LogP contribution in [0, 0.1) is 11.6 Å². The maximum Gasteiger partial charge on any atom is 0.252 e. The average Bonchev–Trinajstić information content (AvgIpc) is 3.19. The maximum atomic E-state index is 13.2. The Kier molecular flexibility index (Phi) is 4.62. The number of halogens is 2. The van der Waals surface area contributed by atoms with Gasteiger partial charge < -0.3 is 0 Å². The lowest BCUT2D eigenvalue weighted by molar-refractivity contribution is -0.161. The highest BCUT2D eigenvalue weighted by atomic mass is 32.2. The highest BCUT2D eigenvalue weighted by molar-refractivity contribution is 8.01. The predicted octanol–water partition coefficient (Wildman–Crippen LogP) is 3.73. The van der Waals surface area contributed by atoms with E-state index in [9.17, 15) is 18.4 Å². The molecule has 0 unspecified atom stereocenters. The van der Waals surface area contributed by atoms with E-state index in [1.54, 1.807) is 24.3 Å². The van der Waals surface area contributed by atoms with Crippen molar-refractivity contribution in [1.29, 1.82) is 0 Å². The fourth-order valence-corrected chi connectivity index (χ4v) is 5.32. The van der Waals surface area contributed by atoms with Crippen molar-refractivity contribution in [2.45, 2.75) is 10.7 Å². The molecular formula is C18H14F2N2O2S2. The third-order valence-corrected chi connectivity index (χ3v) is 6.63. The summed E-state index contributed by atoms with van der Waals surface area (Å²) in [6, 6.07) is 11.9. The number of thioether (sulfide) groups is 2. The van der Waals surface area contributed by atoms with Crippen LogP contribution < -0.4 is 0 Å². The van der Waals surface area contributed by atoms with E-state index in [0.717, 1.165) is 11.1 Å². The number of carbonyl (C=O) groups excluding carboxylic acids is 2. The van der Waals surface area contributed by atoms with Crippen molar-refractivity contribution in [2.75, 3.05) is 11.5 Å². The minimum atomic E-state index is -0.395. The summed E-state index contributed by atoms with van der Waals surface area (Å²) in [6.45, 7) is 0. The number of benzene rings is 2. The third-order valence-electron chi connectivity index (χ3n) is 4.23. The first kappa shape index (κ1) is 17.4. The summed E-state index contributed by atoms with van der Waals surface area (Å²) in [5, 5.41) is 2.14. The molecule has 0 aromatic heterocycles. The second kappa shape index (κ2) is 6.92. The molecule has 26 heavy (non-hydrogen) atoms. The maximum absolute atomic E-state index is 13.2. The summed E-state index contributed by atoms with van der Waals surface area (Å²) in [6.07, 6.45) is 0. The second-order valence-electron chi connectivity index (χ2n) is 5.91. The molecule has 2 aromatic carbocycles. The van der Waals surface area contributed by atoms with Gasteiger partial charge >= 0.3 is 0 Å². The molecular weight excluding hydrogens is 378 g/mol. The molecule has 2 heterocycles. The zero-order chi connectivity index (χ0) is 18.3. The van der Waals surface area contributed by atoms with E-state index < -0.39 is 10.7 Å². The molecule has 134 valence electrons. The Morgan fingerprint density at radius 3 is 1.38 bits per heavy atom. The van der Waals surface area contributed by atoms with E-state index >= 15 is 0 Å². The van der Waals surface area contributed by atoms with E-state index in [1.807, 2.05) is 0 Å². The van der Waals surface area contributed by atoms with Crippen molar-refractivity contribution in [2.24, 2.45) is 0 Å². The quantitative estimate of drug-likeness (QED) is 0.798. The Hall–Kier alpha value is -2.06. The van der Waals surface area contributed by atoms with E-state index in [-0.39, 0.29) is 35.0 Å². The normalized spacial score (nSPS) is 23.2. The summed E-state index contributed by atoms with van der Waals surface area (Å²) in [5.41, 5.74) is 1.51. The van der Waals surface area contributed by atoms with Crippen LogP contribution in [0.3, 0.4) is 0 Å². The van der Waals surface area contributed by atoms with Crippen LogP contribution in [0.2, 0.25) is 0 Å². The minimum absolute atomic E-state index is 0.174. The van der Waals surface area contributed by atoms with Crippen LogP contribution in [0.15, 0.2) is 48.5 Å². The van der Waals surface area contributed by atoms with Gasteiger partial charge in [0.1, 0.15) is 22.4 Å². The molecule has 2 atom stereocenters. The smallest absolute Gasteiger partial charge is 0.252 e. The van der Waals surface area contributed by atoms with Crippen LogP contribution in [-0.4, -0.2) is 33.3 Å². The Labute approximate surface area is 157 Å². The summed E-state index contributed by atoms with van der Waals surface area (Å²) in [4.78, 5) is 25.1. The van der Waals surface area contributed by atoms with Gasteiger partial charge in [-0.05, 0) is 35.4 Å². The van der Waals surface area contributed by atoms with Gasteiger partial charge in [0.25, 0.3) is 11.8 Å². The van der Waals surface area contributed by atoms with Crippen molar-refractivity contribution in [3.8, 4) is 0 Å². The van der Waals surface area contributed by atoms with Gasteiger partial charge in [0.2, 0.25) is 0 Å². The Bertz CT molecular complexity index is 774. The third kappa shape index (κ3) is 3.07. The van der Waals surface area contributed by atoms with Crippen molar-refractivity contribution < 1.29 is 18.4 Å². The molecule has 0 aliphatic carbocycles. The highest BCUT2D eigenvalue weighted by Crippen LogP contribution is 2.47. The summed E-state index contributed by atoms with van der Waals surface area (Å²) >= 11 is 2.79. The molecule has 2 saturated heterocycles. The first-order chi connectivity index (χ1) is 12.5. The number of hydrazine groups is 1. The number of carbonyl (C=O) groups is 2. The molecule has 2 amide bonds. The van der Waals surface area contributed by atoms with Crippen molar-refractivity contribution >= 4 is 35.3 Å². The lowest BCUT2D eigenvalue weighted by atomic mass is 10.2. The van der Waals surface area contributed by atoms with Crippen LogP contribution in [0.5, 0.6) is 0 Å². The lowest BCUT2D eigenvalue weighted by Crippen LogP contribution is -2.47. The zero-order valence-electron chi connectivity index (χ0n) is 13.5. The molecule has 8 heteroatoms. The number of rotatable bonds is 3. The fourth-order valence-electron chi connectivity index (χ4n) is 3.03. The molecule has 0 spiro atoms. The van der Waals surface area contributed by atoms with Crippen LogP contribution in [0.1, 0.15) is 21.9 Å². The fraction of sp³-hybridized carbons (Fsp3) is 0.222. The Morgan fingerprint density at radius 2 is 1.04 bits per heavy atom. The summed E-state index contributed by atoms with van der Waals surface area (Å²) in [5.74, 6) is -0.572. The second-order valence-corrected chi connectivity index (χ2v) is 8.04. The molecule has 0 radical (unpaired) electrons. The van der Waals surface area contributed by atoms with E-state index in [0.29, 0.717) is 0 Å². The Balaban J connectivity index is 1.69. The molecule has 2 aliphatic rings. The minimum Gasteiger partial charge on any atom is -0.272 e. The predicted molar refractivity (Wildman–Crippen MR) is 96.9 cm³/mol. The molecule has 4 rings (SSSR count). The molecule has 0 saturated carbocycles. The molecule has 4 nitrogen and oxygen atoms in total. The molecule has 0 bridgehead atoms. The number of hydrogen-bond acceptors (Lipinski definition) is 4. The number of nitrogens with zero attached hydrogens (tertiary/aromatic N) is 2. The first-order valence-electron chi connectivity index (χ1n) is 7.93. The van der Waals surface area contributed by atoms with Crippen LogP contribution in [0.4, 0.5) is 8.78 Å². The van der Waals surface area contributed by atoms with Gasteiger partial charge in [0.15, 0.2) is 0 Å². The topological polar surface area (TPSA) is 40.6 Å². The van der Waals surface area contributed by atoms with Gasteiger partial charge in [-0.2, -0.15) is 0 Å². The van der Waals surface area contributed by atoms with E-state index in [1.165, 1.54) is 57.8 Å². The van der Waals surface area contributed by atoms with Gasteiger partial charge in [0.05, 0.1) is 11.5 Å². The van der Waals surface area contributed by atoms with Gasteiger partial charge in [-0.25, -0.2) is 18.8 Å². The van der Waals surface area contributed by atoms with Crippen molar-refractivity contribution in [1.82, 2.24) is 10.0 Å². The van der Waals surface area contributed by atoms with Gasteiger partial charge in [-0.1, -0.05) is 24.3 Å².